The Morgan fingerprint density at radius 2 is 1.85 bits per heavy atom. The Labute approximate surface area is 158 Å². The fourth-order valence-electron chi connectivity index (χ4n) is 3.00. The monoisotopic (exact) mass is 397 g/mol. The van der Waals surface area contributed by atoms with Gasteiger partial charge in [-0.3, -0.25) is 9.59 Å². The Kier molecular flexibility index (Phi) is 7.49. The number of benzene rings is 1. The van der Waals surface area contributed by atoms with Crippen LogP contribution in [0.5, 0.6) is 0 Å². The summed E-state index contributed by atoms with van der Waals surface area (Å²) in [5, 5.41) is 4.88. The second-order valence-electron chi connectivity index (χ2n) is 6.26. The van der Waals surface area contributed by atoms with Crippen molar-refractivity contribution in [2.75, 3.05) is 19.6 Å². The molecule has 7 nitrogen and oxygen atoms in total. The van der Waals surface area contributed by atoms with Crippen molar-refractivity contribution in [2.45, 2.75) is 36.6 Å². The number of hydrogen-bond acceptors (Lipinski definition) is 4. The van der Waals surface area contributed by atoms with Crippen LogP contribution in [0.25, 0.3) is 0 Å². The van der Waals surface area contributed by atoms with Gasteiger partial charge in [-0.05, 0) is 43.5 Å². The lowest BCUT2D eigenvalue weighted by atomic mass is 10.0. The minimum absolute atomic E-state index is 0.0450. The van der Waals surface area contributed by atoms with Crippen LogP contribution in [0.4, 0.5) is 4.39 Å². The Morgan fingerprint density at radius 1 is 1.19 bits per heavy atom. The van der Waals surface area contributed by atoms with Crippen LogP contribution < -0.4 is 10.6 Å². The van der Waals surface area contributed by atoms with Crippen molar-refractivity contribution in [3.05, 3.63) is 42.7 Å². The number of piperidine rings is 1. The van der Waals surface area contributed by atoms with E-state index in [1.165, 1.54) is 22.5 Å². The number of nitrogens with one attached hydrogen (secondary N) is 2. The molecule has 1 heterocycles. The smallest absolute Gasteiger partial charge is 0.309 e. The van der Waals surface area contributed by atoms with Crippen LogP contribution in [0.3, 0.4) is 0 Å². The maximum Gasteiger partial charge on any atom is 0.309 e. The van der Waals surface area contributed by atoms with E-state index in [1.807, 2.05) is 0 Å². The van der Waals surface area contributed by atoms with Crippen molar-refractivity contribution in [1.82, 2.24) is 14.9 Å². The normalized spacial score (nSPS) is 17.9. The topological polar surface area (TPSA) is 95.6 Å². The van der Waals surface area contributed by atoms with Crippen LogP contribution in [0.2, 0.25) is 0 Å². The highest BCUT2D eigenvalue weighted by Crippen LogP contribution is 2.27. The zero-order chi connectivity index (χ0) is 19.9. The first-order chi connectivity index (χ1) is 12.9. The van der Waals surface area contributed by atoms with Crippen LogP contribution in [0.15, 0.2) is 41.8 Å². The summed E-state index contributed by atoms with van der Waals surface area (Å²) in [5.41, 5.74) is 0. The summed E-state index contributed by atoms with van der Waals surface area (Å²) in [7, 11) is -3.74. The molecule has 0 unspecified atom stereocenters. The summed E-state index contributed by atoms with van der Waals surface area (Å²) in [5.74, 6) is -2.02. The number of sulfonamides is 1. The predicted octanol–water partition coefficient (Wildman–Crippen LogP) is 1.18. The molecule has 2 N–H and O–H groups in total. The molecule has 0 saturated carbocycles. The summed E-state index contributed by atoms with van der Waals surface area (Å²) < 4.78 is 40.3. The van der Waals surface area contributed by atoms with Gasteiger partial charge in [-0.25, -0.2) is 12.8 Å². The lowest BCUT2D eigenvalue weighted by molar-refractivity contribution is -0.139. The van der Waals surface area contributed by atoms with Crippen molar-refractivity contribution in [3.8, 4) is 0 Å². The zero-order valence-corrected chi connectivity index (χ0v) is 15.8. The summed E-state index contributed by atoms with van der Waals surface area (Å²) in [6, 6.07) is 4.46. The third kappa shape index (κ3) is 5.61. The molecule has 1 fully saturated rings. The van der Waals surface area contributed by atoms with Crippen LogP contribution in [0, 0.1) is 5.82 Å². The van der Waals surface area contributed by atoms with E-state index in [0.717, 1.165) is 25.0 Å². The van der Waals surface area contributed by atoms with Gasteiger partial charge in [0.15, 0.2) is 0 Å². The number of carbonyl (C=O) groups is 2. The van der Waals surface area contributed by atoms with E-state index in [4.69, 9.17) is 0 Å². The maximum absolute atomic E-state index is 13.1. The average Bonchev–Trinajstić information content (AvgIpc) is 2.66. The van der Waals surface area contributed by atoms with E-state index in [0.29, 0.717) is 19.4 Å². The molecule has 1 aromatic carbocycles. The van der Waals surface area contributed by atoms with E-state index < -0.39 is 27.7 Å². The quantitative estimate of drug-likeness (QED) is 0.533. The van der Waals surface area contributed by atoms with Crippen molar-refractivity contribution in [1.29, 1.82) is 0 Å². The van der Waals surface area contributed by atoms with Crippen LogP contribution >= 0.6 is 0 Å². The molecular weight excluding hydrogens is 373 g/mol. The van der Waals surface area contributed by atoms with Gasteiger partial charge in [0.2, 0.25) is 10.0 Å². The van der Waals surface area contributed by atoms with Crippen molar-refractivity contribution < 1.29 is 22.4 Å². The Hall–Kier alpha value is -2.26. The molecule has 0 aromatic heterocycles. The van der Waals surface area contributed by atoms with Crippen molar-refractivity contribution >= 4 is 21.8 Å². The molecule has 9 heteroatoms. The molecule has 0 aliphatic carbocycles. The number of nitrogens with zero attached hydrogens (tertiary/aromatic N) is 1. The maximum atomic E-state index is 13.1. The number of carbonyl (C=O) groups excluding carboxylic acids is 2. The molecule has 148 valence electrons. The first kappa shape index (κ1) is 21.0. The second-order valence-corrected chi connectivity index (χ2v) is 8.15. The molecule has 1 saturated heterocycles. The van der Waals surface area contributed by atoms with E-state index in [-0.39, 0.29) is 24.0 Å². The zero-order valence-electron chi connectivity index (χ0n) is 15.0. The molecule has 1 aliphatic heterocycles. The first-order valence-electron chi connectivity index (χ1n) is 8.80. The highest BCUT2D eigenvalue weighted by Gasteiger charge is 2.33. The Balaban J connectivity index is 1.98. The lowest BCUT2D eigenvalue weighted by Gasteiger charge is -2.34. The minimum atomic E-state index is -3.74. The van der Waals surface area contributed by atoms with Crippen LogP contribution in [-0.2, 0) is 19.6 Å². The molecule has 1 aromatic rings. The van der Waals surface area contributed by atoms with Gasteiger partial charge in [0.05, 0.1) is 4.90 Å². The number of hydrogen-bond donors (Lipinski definition) is 2. The molecular formula is C18H24FN3O4S. The standard InChI is InChI=1S/C18H24FN3O4S/c1-2-11-20-17(23)18(24)21-12-10-15-5-3-4-13-22(15)27(25,26)16-8-6-14(19)7-9-16/h2,6-9,15H,1,3-5,10-13H2,(H,20,23)(H,21,24)/t15-/m1/s1. The Bertz CT molecular complexity index is 780. The Morgan fingerprint density at radius 3 is 2.52 bits per heavy atom. The summed E-state index contributed by atoms with van der Waals surface area (Å²) in [6.45, 7) is 4.19. The van der Waals surface area contributed by atoms with Gasteiger partial charge in [0, 0.05) is 25.7 Å². The summed E-state index contributed by atoms with van der Waals surface area (Å²) in [6.07, 6.45) is 4.15. The van der Waals surface area contributed by atoms with Crippen molar-refractivity contribution in [3.63, 3.8) is 0 Å². The van der Waals surface area contributed by atoms with Gasteiger partial charge >= 0.3 is 11.8 Å². The number of rotatable bonds is 7. The first-order valence-corrected chi connectivity index (χ1v) is 10.2. The second kappa shape index (κ2) is 9.61. The summed E-state index contributed by atoms with van der Waals surface area (Å²) >= 11 is 0. The molecule has 27 heavy (non-hydrogen) atoms. The molecule has 0 radical (unpaired) electrons. The molecule has 1 aliphatic rings. The van der Waals surface area contributed by atoms with E-state index >= 15 is 0 Å². The van der Waals surface area contributed by atoms with Gasteiger partial charge in [0.1, 0.15) is 5.82 Å². The highest BCUT2D eigenvalue weighted by molar-refractivity contribution is 7.89. The number of amides is 2. The van der Waals surface area contributed by atoms with E-state index in [2.05, 4.69) is 17.2 Å². The van der Waals surface area contributed by atoms with Gasteiger partial charge < -0.3 is 10.6 Å². The largest absolute Gasteiger partial charge is 0.348 e. The van der Waals surface area contributed by atoms with E-state index in [1.54, 1.807) is 0 Å². The van der Waals surface area contributed by atoms with E-state index in [9.17, 15) is 22.4 Å². The average molecular weight is 397 g/mol. The molecule has 0 spiro atoms. The van der Waals surface area contributed by atoms with Crippen LogP contribution in [-0.4, -0.2) is 50.2 Å². The molecule has 2 rings (SSSR count). The molecule has 1 atom stereocenters. The van der Waals surface area contributed by atoms with Gasteiger partial charge in [0.25, 0.3) is 0 Å². The number of halogens is 1. The predicted molar refractivity (Wildman–Crippen MR) is 98.8 cm³/mol. The highest BCUT2D eigenvalue weighted by atomic mass is 32.2. The third-order valence-electron chi connectivity index (χ3n) is 4.37. The third-order valence-corrected chi connectivity index (χ3v) is 6.34. The van der Waals surface area contributed by atoms with Crippen molar-refractivity contribution in [2.24, 2.45) is 0 Å². The molecule has 0 bridgehead atoms. The van der Waals surface area contributed by atoms with Crippen LogP contribution in [0.1, 0.15) is 25.7 Å². The SMILES string of the molecule is C=CCNC(=O)C(=O)NCC[C@H]1CCCCN1S(=O)(=O)c1ccc(F)cc1. The lowest BCUT2D eigenvalue weighted by Crippen LogP contribution is -2.46. The van der Waals surface area contributed by atoms with Gasteiger partial charge in [-0.1, -0.05) is 12.5 Å². The fraction of sp³-hybridized carbons (Fsp3) is 0.444. The van der Waals surface area contributed by atoms with Gasteiger partial charge in [-0.2, -0.15) is 4.31 Å². The van der Waals surface area contributed by atoms with Gasteiger partial charge in [-0.15, -0.1) is 6.58 Å². The summed E-state index contributed by atoms with van der Waals surface area (Å²) in [4.78, 5) is 23.3. The fourth-order valence-corrected chi connectivity index (χ4v) is 4.72. The minimum Gasteiger partial charge on any atom is -0.348 e. The molecule has 2 amide bonds.